The van der Waals surface area contributed by atoms with Crippen molar-refractivity contribution in [3.05, 3.63) is 100 Å². The van der Waals surface area contributed by atoms with Crippen molar-refractivity contribution in [2.45, 2.75) is 51.5 Å². The summed E-state index contributed by atoms with van der Waals surface area (Å²) in [6.45, 7) is 6.84. The first-order valence-electron chi connectivity index (χ1n) is 15.2. The van der Waals surface area contributed by atoms with Crippen LogP contribution in [0.2, 0.25) is 0 Å². The SMILES string of the molecule is C[C@@H]1CN(Cc2ccc(OCc3ccc(OC(F)(F)F)cc3)cc2)CCN1c1ccc(OC[C@H]2CCn3cc([N+](=O)[O-])nc3O2)cc1. The molecule has 0 amide bonds. The Bertz CT molecular complexity index is 1650. The van der Waals surface area contributed by atoms with E-state index in [4.69, 9.17) is 14.2 Å². The summed E-state index contributed by atoms with van der Waals surface area (Å²) in [7, 11) is 0. The van der Waals surface area contributed by atoms with Gasteiger partial charge in [0.2, 0.25) is 0 Å². The van der Waals surface area contributed by atoms with E-state index in [1.54, 1.807) is 16.7 Å². The van der Waals surface area contributed by atoms with Crippen molar-refractivity contribution >= 4 is 11.5 Å². The van der Waals surface area contributed by atoms with Crippen LogP contribution < -0.4 is 23.8 Å². The zero-order valence-corrected chi connectivity index (χ0v) is 25.6. The normalized spacial score (nSPS) is 18.3. The lowest BCUT2D eigenvalue weighted by atomic mass is 10.1. The van der Waals surface area contributed by atoms with Crippen LogP contribution in [0.4, 0.5) is 24.7 Å². The lowest BCUT2D eigenvalue weighted by molar-refractivity contribution is -0.389. The maximum Gasteiger partial charge on any atom is 0.573 e. The fourth-order valence-corrected chi connectivity index (χ4v) is 5.72. The second-order valence-electron chi connectivity index (χ2n) is 11.6. The molecule has 0 saturated carbocycles. The van der Waals surface area contributed by atoms with Crippen LogP contribution in [-0.4, -0.2) is 64.1 Å². The predicted molar refractivity (Wildman–Crippen MR) is 166 cm³/mol. The number of anilines is 1. The number of fused-ring (bicyclic) bond motifs is 1. The number of hydrogen-bond acceptors (Lipinski definition) is 9. The lowest BCUT2D eigenvalue weighted by Crippen LogP contribution is -2.51. The molecule has 14 heteroatoms. The molecule has 1 saturated heterocycles. The van der Waals surface area contributed by atoms with E-state index in [1.165, 1.54) is 18.3 Å². The molecule has 0 radical (unpaired) electrons. The molecule has 3 heterocycles. The number of halogens is 3. The highest BCUT2D eigenvalue weighted by molar-refractivity contribution is 5.50. The van der Waals surface area contributed by atoms with Crippen LogP contribution in [0.5, 0.6) is 23.3 Å². The number of alkyl halides is 3. The molecule has 1 fully saturated rings. The fourth-order valence-electron chi connectivity index (χ4n) is 5.72. The van der Waals surface area contributed by atoms with E-state index in [0.29, 0.717) is 31.4 Å². The predicted octanol–water partition coefficient (Wildman–Crippen LogP) is 6.21. The van der Waals surface area contributed by atoms with Gasteiger partial charge >= 0.3 is 18.2 Å². The first-order chi connectivity index (χ1) is 22.6. The Hall–Kier alpha value is -4.98. The highest BCUT2D eigenvalue weighted by atomic mass is 19.4. The maximum atomic E-state index is 12.3. The zero-order valence-electron chi connectivity index (χ0n) is 25.6. The van der Waals surface area contributed by atoms with Gasteiger partial charge in [0.25, 0.3) is 0 Å². The first kappa shape index (κ1) is 32.0. The smallest absolute Gasteiger partial charge is 0.490 e. The van der Waals surface area contributed by atoms with Gasteiger partial charge in [-0.1, -0.05) is 24.3 Å². The summed E-state index contributed by atoms with van der Waals surface area (Å²) < 4.78 is 60.2. The molecule has 2 aliphatic heterocycles. The summed E-state index contributed by atoms with van der Waals surface area (Å²) >= 11 is 0. The van der Waals surface area contributed by atoms with Crippen LogP contribution in [0.15, 0.2) is 79.0 Å². The summed E-state index contributed by atoms with van der Waals surface area (Å²) in [6.07, 6.45) is -2.90. The molecular weight excluding hydrogens is 619 g/mol. The Balaban J connectivity index is 0.930. The van der Waals surface area contributed by atoms with Gasteiger partial charge in [-0.2, -0.15) is 0 Å². The maximum absolute atomic E-state index is 12.3. The minimum Gasteiger partial charge on any atom is -0.490 e. The third kappa shape index (κ3) is 8.44. The van der Waals surface area contributed by atoms with Crippen molar-refractivity contribution in [2.24, 2.45) is 0 Å². The van der Waals surface area contributed by atoms with Crippen LogP contribution in [0, 0.1) is 10.1 Å². The molecule has 1 aromatic heterocycles. The molecule has 0 unspecified atom stereocenters. The van der Waals surface area contributed by atoms with E-state index in [2.05, 4.69) is 38.6 Å². The number of hydrogen-bond donors (Lipinski definition) is 0. The fraction of sp³-hybridized carbons (Fsp3) is 0.364. The summed E-state index contributed by atoms with van der Waals surface area (Å²) in [5, 5.41) is 11.0. The number of rotatable bonds is 11. The van der Waals surface area contributed by atoms with Crippen molar-refractivity contribution in [3.63, 3.8) is 0 Å². The molecule has 2 aliphatic rings. The molecule has 11 nitrogen and oxygen atoms in total. The number of benzene rings is 3. The van der Waals surface area contributed by atoms with Gasteiger partial charge in [0.15, 0.2) is 0 Å². The molecular formula is C33H34F3N5O6. The molecule has 0 N–H and O–H groups in total. The summed E-state index contributed by atoms with van der Waals surface area (Å²) in [5.41, 5.74) is 3.02. The molecule has 6 rings (SSSR count). The number of nitro groups is 1. The number of aryl methyl sites for hydroxylation is 1. The second kappa shape index (κ2) is 13.8. The largest absolute Gasteiger partial charge is 0.573 e. The number of piperazine rings is 1. The van der Waals surface area contributed by atoms with Crippen LogP contribution >= 0.6 is 0 Å². The Labute approximate surface area is 269 Å². The highest BCUT2D eigenvalue weighted by Crippen LogP contribution is 2.28. The number of imidazole rings is 1. The van der Waals surface area contributed by atoms with Crippen molar-refractivity contribution in [3.8, 4) is 23.3 Å². The van der Waals surface area contributed by atoms with Crippen LogP contribution in [0.3, 0.4) is 0 Å². The molecule has 47 heavy (non-hydrogen) atoms. The number of nitrogens with zero attached hydrogens (tertiary/aromatic N) is 5. The Morgan fingerprint density at radius 2 is 1.57 bits per heavy atom. The first-order valence-corrected chi connectivity index (χ1v) is 15.2. The van der Waals surface area contributed by atoms with Crippen molar-refractivity contribution < 1.29 is 37.0 Å². The van der Waals surface area contributed by atoms with Gasteiger partial charge in [0.1, 0.15) is 42.8 Å². The molecule has 248 valence electrons. The average molecular weight is 654 g/mol. The third-order valence-electron chi connectivity index (χ3n) is 8.09. The summed E-state index contributed by atoms with van der Waals surface area (Å²) in [5.74, 6) is 0.921. The summed E-state index contributed by atoms with van der Waals surface area (Å²) in [6, 6.07) is 22.1. The van der Waals surface area contributed by atoms with E-state index < -0.39 is 11.3 Å². The van der Waals surface area contributed by atoms with Gasteiger partial charge in [-0.25, -0.2) is 0 Å². The topological polar surface area (TPSA) is 104 Å². The van der Waals surface area contributed by atoms with Gasteiger partial charge in [-0.05, 0) is 71.5 Å². The van der Waals surface area contributed by atoms with E-state index in [-0.39, 0.29) is 30.3 Å². The van der Waals surface area contributed by atoms with Crippen LogP contribution in [-0.2, 0) is 19.7 Å². The molecule has 3 aromatic carbocycles. The Morgan fingerprint density at radius 3 is 2.26 bits per heavy atom. The Kier molecular flexibility index (Phi) is 9.38. The van der Waals surface area contributed by atoms with Crippen molar-refractivity contribution in [1.29, 1.82) is 0 Å². The van der Waals surface area contributed by atoms with Crippen LogP contribution in [0.25, 0.3) is 0 Å². The molecule has 0 bridgehead atoms. The van der Waals surface area contributed by atoms with Gasteiger partial charge in [-0.3, -0.25) is 9.47 Å². The van der Waals surface area contributed by atoms with Gasteiger partial charge in [-0.15, -0.1) is 13.2 Å². The third-order valence-corrected chi connectivity index (χ3v) is 8.09. The molecule has 0 aliphatic carbocycles. The van der Waals surface area contributed by atoms with Crippen molar-refractivity contribution in [2.75, 3.05) is 31.1 Å². The number of aromatic nitrogens is 2. The Morgan fingerprint density at radius 1 is 0.915 bits per heavy atom. The van der Waals surface area contributed by atoms with E-state index in [1.807, 2.05) is 36.4 Å². The van der Waals surface area contributed by atoms with Gasteiger partial charge in [0, 0.05) is 55.9 Å². The lowest BCUT2D eigenvalue weighted by Gasteiger charge is -2.41. The molecule has 4 aromatic rings. The second-order valence-corrected chi connectivity index (χ2v) is 11.6. The van der Waals surface area contributed by atoms with Gasteiger partial charge < -0.3 is 34.0 Å². The van der Waals surface area contributed by atoms with Gasteiger partial charge in [0.05, 0.1) is 0 Å². The standard InChI is InChI=1S/C33H34F3N5O6/c1-23-18-38(19-24-2-8-27(9-3-24)44-21-25-4-10-29(11-5-25)47-33(34,35)36)16-17-40(23)26-6-12-28(13-7-26)45-22-30-14-15-39-20-31(41(42)43)37-32(39)46-30/h2-13,20,23,30H,14-19,21-22H2,1H3/t23-,30-/m1/s1. The number of ether oxygens (including phenoxy) is 4. The van der Waals surface area contributed by atoms with E-state index >= 15 is 0 Å². The minimum atomic E-state index is -4.72. The summed E-state index contributed by atoms with van der Waals surface area (Å²) in [4.78, 5) is 19.2. The van der Waals surface area contributed by atoms with Crippen LogP contribution in [0.1, 0.15) is 24.5 Å². The quantitative estimate of drug-likeness (QED) is 0.138. The average Bonchev–Trinajstić information content (AvgIpc) is 3.48. The minimum absolute atomic E-state index is 0.222. The zero-order chi connectivity index (χ0) is 33.0. The monoisotopic (exact) mass is 653 g/mol. The highest BCUT2D eigenvalue weighted by Gasteiger charge is 2.31. The molecule has 0 spiro atoms. The van der Waals surface area contributed by atoms with Crippen molar-refractivity contribution in [1.82, 2.24) is 14.5 Å². The van der Waals surface area contributed by atoms with E-state index in [9.17, 15) is 23.3 Å². The molecule has 2 atom stereocenters. The van der Waals surface area contributed by atoms with E-state index in [0.717, 1.165) is 48.7 Å².